The van der Waals surface area contributed by atoms with Gasteiger partial charge < -0.3 is 16.6 Å². The lowest BCUT2D eigenvalue weighted by atomic mass is 9.81. The zero-order valence-electron chi connectivity index (χ0n) is 6.82. The van der Waals surface area contributed by atoms with Gasteiger partial charge in [-0.15, -0.1) is 0 Å². The van der Waals surface area contributed by atoms with E-state index in [2.05, 4.69) is 0 Å². The summed E-state index contributed by atoms with van der Waals surface area (Å²) < 4.78 is 0. The van der Waals surface area contributed by atoms with Crippen molar-refractivity contribution in [3.63, 3.8) is 0 Å². The van der Waals surface area contributed by atoms with E-state index in [1.54, 1.807) is 25.2 Å². The average molecular weight is 168 g/mol. The molecule has 0 aromatic rings. The first-order chi connectivity index (χ1) is 5.49. The third kappa shape index (κ3) is 1.05. The minimum atomic E-state index is -1.44. The van der Waals surface area contributed by atoms with Crippen LogP contribution in [0.2, 0.25) is 0 Å². The Morgan fingerprint density at radius 3 is 2.67 bits per heavy atom. The molecule has 0 heterocycles. The van der Waals surface area contributed by atoms with Gasteiger partial charge >= 0.3 is 5.97 Å². The fraction of sp³-hybridized carbons (Fsp3) is 0.375. The van der Waals surface area contributed by atoms with Crippen molar-refractivity contribution in [2.24, 2.45) is 11.5 Å². The van der Waals surface area contributed by atoms with Crippen LogP contribution in [0.4, 0.5) is 0 Å². The summed E-state index contributed by atoms with van der Waals surface area (Å²) in [6.07, 6.45) is 4.96. The summed E-state index contributed by atoms with van der Waals surface area (Å²) in [6, 6.07) is -0.653. The molecule has 0 radical (unpaired) electrons. The molecule has 4 heteroatoms. The molecule has 12 heavy (non-hydrogen) atoms. The third-order valence-corrected chi connectivity index (χ3v) is 2.20. The van der Waals surface area contributed by atoms with Crippen LogP contribution in [0.5, 0.6) is 0 Å². The summed E-state index contributed by atoms with van der Waals surface area (Å²) in [5.41, 5.74) is 10.4. The Labute approximate surface area is 70.5 Å². The molecule has 2 atom stereocenters. The van der Waals surface area contributed by atoms with E-state index >= 15 is 0 Å². The molecule has 0 amide bonds. The van der Waals surface area contributed by atoms with Gasteiger partial charge in [0.1, 0.15) is 0 Å². The highest BCUT2D eigenvalue weighted by Gasteiger charge is 2.41. The maximum absolute atomic E-state index is 10.8. The Morgan fingerprint density at radius 1 is 1.75 bits per heavy atom. The molecule has 0 aromatic carbocycles. The number of hydrogen-bond donors (Lipinski definition) is 3. The number of nitrogens with two attached hydrogens (primary N) is 2. The van der Waals surface area contributed by atoms with Gasteiger partial charge in [-0.05, 0) is 12.5 Å². The lowest BCUT2D eigenvalue weighted by Gasteiger charge is -2.32. The summed E-state index contributed by atoms with van der Waals surface area (Å²) in [5, 5.41) is 8.86. The van der Waals surface area contributed by atoms with Crippen LogP contribution in [0, 0.1) is 0 Å². The average Bonchev–Trinajstić information content (AvgIpc) is 1.99. The molecule has 0 aliphatic heterocycles. The fourth-order valence-corrected chi connectivity index (χ4v) is 1.18. The van der Waals surface area contributed by atoms with E-state index in [1.165, 1.54) is 0 Å². The van der Waals surface area contributed by atoms with Gasteiger partial charge in [0.25, 0.3) is 0 Å². The second-order valence-electron chi connectivity index (χ2n) is 2.93. The number of carboxylic acid groups (broad SMARTS) is 1. The summed E-state index contributed by atoms with van der Waals surface area (Å²) in [6.45, 7) is 1.66. The van der Waals surface area contributed by atoms with Crippen LogP contribution in [-0.2, 0) is 4.79 Å². The van der Waals surface area contributed by atoms with E-state index in [0.717, 1.165) is 0 Å². The van der Waals surface area contributed by atoms with E-state index < -0.39 is 17.6 Å². The number of hydrogen-bond acceptors (Lipinski definition) is 3. The molecule has 0 fully saturated rings. The summed E-state index contributed by atoms with van der Waals surface area (Å²) in [4.78, 5) is 10.8. The maximum atomic E-state index is 10.8. The molecule has 0 saturated carbocycles. The van der Waals surface area contributed by atoms with Gasteiger partial charge in [-0.1, -0.05) is 18.2 Å². The van der Waals surface area contributed by atoms with Crippen LogP contribution in [0.3, 0.4) is 0 Å². The number of carboxylic acids is 1. The number of carbonyl (C=O) groups is 1. The topological polar surface area (TPSA) is 89.3 Å². The standard InChI is InChI=1S/C8H12N2O2/c1-5-3-2-4-6(9)8(5,10)7(11)12/h2-4,6H,9-10H2,1H3,(H,11,12). The predicted octanol–water partition coefficient (Wildman–Crippen LogP) is -0.388. The van der Waals surface area contributed by atoms with Crippen LogP contribution in [0.15, 0.2) is 23.8 Å². The van der Waals surface area contributed by atoms with Crippen molar-refractivity contribution in [2.75, 3.05) is 0 Å². The van der Waals surface area contributed by atoms with Gasteiger partial charge in [-0.25, -0.2) is 4.79 Å². The summed E-state index contributed by atoms with van der Waals surface area (Å²) in [5.74, 6) is -1.09. The summed E-state index contributed by atoms with van der Waals surface area (Å²) >= 11 is 0. The van der Waals surface area contributed by atoms with Crippen LogP contribution >= 0.6 is 0 Å². The molecule has 0 aromatic heterocycles. The Bertz CT molecular complexity index is 270. The highest BCUT2D eigenvalue weighted by atomic mass is 16.4. The van der Waals surface area contributed by atoms with Crippen LogP contribution < -0.4 is 11.5 Å². The van der Waals surface area contributed by atoms with Crippen molar-refractivity contribution >= 4 is 5.97 Å². The normalized spacial score (nSPS) is 34.6. The van der Waals surface area contributed by atoms with Crippen LogP contribution in [0.1, 0.15) is 6.92 Å². The molecular weight excluding hydrogens is 156 g/mol. The highest BCUT2D eigenvalue weighted by Crippen LogP contribution is 2.21. The SMILES string of the molecule is CC1=CC=CC(N)C1(N)C(=O)O. The first-order valence-corrected chi connectivity index (χ1v) is 3.63. The van der Waals surface area contributed by atoms with Crippen LogP contribution in [-0.4, -0.2) is 22.7 Å². The van der Waals surface area contributed by atoms with E-state index in [9.17, 15) is 4.79 Å². The predicted molar refractivity (Wildman–Crippen MR) is 45.4 cm³/mol. The van der Waals surface area contributed by atoms with Gasteiger partial charge in [0.15, 0.2) is 5.54 Å². The molecule has 0 spiro atoms. The molecule has 1 aliphatic rings. The van der Waals surface area contributed by atoms with Gasteiger partial charge in [0.2, 0.25) is 0 Å². The summed E-state index contributed by atoms with van der Waals surface area (Å²) in [7, 11) is 0. The van der Waals surface area contributed by atoms with Crippen molar-refractivity contribution in [1.29, 1.82) is 0 Å². The Hall–Kier alpha value is -1.13. The van der Waals surface area contributed by atoms with Gasteiger partial charge in [0, 0.05) is 0 Å². The molecule has 2 unspecified atom stereocenters. The van der Waals surface area contributed by atoms with Crippen molar-refractivity contribution in [2.45, 2.75) is 18.5 Å². The minimum absolute atomic E-state index is 0.574. The molecular formula is C8H12N2O2. The van der Waals surface area contributed by atoms with Crippen molar-refractivity contribution in [3.8, 4) is 0 Å². The Balaban J connectivity index is 3.10. The number of aliphatic carboxylic acids is 1. The first-order valence-electron chi connectivity index (χ1n) is 3.63. The third-order valence-electron chi connectivity index (χ3n) is 2.20. The van der Waals surface area contributed by atoms with E-state index in [0.29, 0.717) is 5.57 Å². The monoisotopic (exact) mass is 168 g/mol. The molecule has 5 N–H and O–H groups in total. The highest BCUT2D eigenvalue weighted by molar-refractivity contribution is 5.85. The Morgan fingerprint density at radius 2 is 2.33 bits per heavy atom. The van der Waals surface area contributed by atoms with E-state index in [-0.39, 0.29) is 0 Å². The van der Waals surface area contributed by atoms with Crippen molar-refractivity contribution in [3.05, 3.63) is 23.8 Å². The number of allylic oxidation sites excluding steroid dienone is 2. The quantitative estimate of drug-likeness (QED) is 0.497. The maximum Gasteiger partial charge on any atom is 0.329 e. The molecule has 66 valence electrons. The van der Waals surface area contributed by atoms with Gasteiger partial charge in [-0.3, -0.25) is 0 Å². The van der Waals surface area contributed by atoms with Gasteiger partial charge in [-0.2, -0.15) is 0 Å². The largest absolute Gasteiger partial charge is 0.480 e. The smallest absolute Gasteiger partial charge is 0.329 e. The molecule has 4 nitrogen and oxygen atoms in total. The van der Waals surface area contributed by atoms with E-state index in [4.69, 9.17) is 16.6 Å². The fourth-order valence-electron chi connectivity index (χ4n) is 1.18. The minimum Gasteiger partial charge on any atom is -0.480 e. The Kier molecular flexibility index (Phi) is 2.04. The zero-order chi connectivity index (χ0) is 9.35. The first kappa shape index (κ1) is 8.96. The second kappa shape index (κ2) is 2.73. The van der Waals surface area contributed by atoms with Crippen molar-refractivity contribution < 1.29 is 9.90 Å². The molecule has 1 rings (SSSR count). The van der Waals surface area contributed by atoms with Crippen LogP contribution in [0.25, 0.3) is 0 Å². The second-order valence-corrected chi connectivity index (χ2v) is 2.93. The zero-order valence-corrected chi connectivity index (χ0v) is 6.82. The molecule has 0 saturated heterocycles. The van der Waals surface area contributed by atoms with Crippen molar-refractivity contribution in [1.82, 2.24) is 0 Å². The van der Waals surface area contributed by atoms with Gasteiger partial charge in [0.05, 0.1) is 6.04 Å². The number of rotatable bonds is 1. The van der Waals surface area contributed by atoms with E-state index in [1.807, 2.05) is 0 Å². The lowest BCUT2D eigenvalue weighted by Crippen LogP contribution is -2.61. The molecule has 1 aliphatic carbocycles. The lowest BCUT2D eigenvalue weighted by molar-refractivity contribution is -0.142. The molecule has 0 bridgehead atoms.